The van der Waals surface area contributed by atoms with E-state index >= 15 is 0 Å². The van der Waals surface area contributed by atoms with E-state index in [-0.39, 0.29) is 0 Å². The van der Waals surface area contributed by atoms with E-state index in [0.717, 1.165) is 13.1 Å². The van der Waals surface area contributed by atoms with Crippen LogP contribution in [0.3, 0.4) is 0 Å². The van der Waals surface area contributed by atoms with Crippen LogP contribution in [0.4, 0.5) is 0 Å². The van der Waals surface area contributed by atoms with E-state index < -0.39 is 0 Å². The van der Waals surface area contributed by atoms with E-state index in [2.05, 4.69) is 42.6 Å². The summed E-state index contributed by atoms with van der Waals surface area (Å²) in [5, 5.41) is 3.55. The van der Waals surface area contributed by atoms with Gasteiger partial charge < -0.3 is 5.32 Å². The molecule has 0 atom stereocenters. The summed E-state index contributed by atoms with van der Waals surface area (Å²) in [6.07, 6.45) is 7.07. The maximum Gasteiger partial charge on any atom is 0.0205 e. The lowest BCUT2D eigenvalue weighted by Gasteiger charge is -2.23. The summed E-state index contributed by atoms with van der Waals surface area (Å²) in [6, 6.07) is 10.7. The molecule has 1 aliphatic rings. The smallest absolute Gasteiger partial charge is 0.0205 e. The van der Waals surface area contributed by atoms with Gasteiger partial charge in [0.2, 0.25) is 0 Å². The van der Waals surface area contributed by atoms with Crippen molar-refractivity contribution in [2.75, 3.05) is 6.54 Å². The lowest BCUT2D eigenvalue weighted by molar-refractivity contribution is 0.302. The molecule has 0 amide bonds. The molecule has 0 radical (unpaired) electrons. The number of rotatable bonds is 5. The molecule has 1 N–H and O–H groups in total. The van der Waals surface area contributed by atoms with Crippen LogP contribution in [0.2, 0.25) is 0 Å². The van der Waals surface area contributed by atoms with Crippen LogP contribution in [0.5, 0.6) is 0 Å². The number of benzene rings is 1. The van der Waals surface area contributed by atoms with Crippen LogP contribution >= 0.6 is 0 Å². The van der Waals surface area contributed by atoms with Crippen molar-refractivity contribution in [2.24, 2.45) is 5.41 Å². The quantitative estimate of drug-likeness (QED) is 0.741. The summed E-state index contributed by atoms with van der Waals surface area (Å²) in [6.45, 7) is 4.62. The van der Waals surface area contributed by atoms with Crippen molar-refractivity contribution in [3.63, 3.8) is 0 Å². The van der Waals surface area contributed by atoms with Crippen molar-refractivity contribution in [1.82, 2.24) is 5.32 Å². The summed E-state index contributed by atoms with van der Waals surface area (Å²) in [4.78, 5) is 0. The predicted octanol–water partition coefficient (Wildman–Crippen LogP) is 3.75. The number of hydrogen-bond acceptors (Lipinski definition) is 1. The Balaban J connectivity index is 1.65. The van der Waals surface area contributed by atoms with Crippen LogP contribution in [0.15, 0.2) is 30.3 Å². The first-order chi connectivity index (χ1) is 7.79. The number of nitrogens with one attached hydrogen (secondary N) is 1. The summed E-state index contributed by atoms with van der Waals surface area (Å²) in [5.41, 5.74) is 2.02. The van der Waals surface area contributed by atoms with Crippen LogP contribution in [-0.4, -0.2) is 6.54 Å². The van der Waals surface area contributed by atoms with Gasteiger partial charge in [0.25, 0.3) is 0 Å². The molecule has 0 saturated heterocycles. The molecule has 1 aliphatic carbocycles. The van der Waals surface area contributed by atoms with E-state index in [1.807, 2.05) is 0 Å². The van der Waals surface area contributed by atoms with E-state index in [4.69, 9.17) is 0 Å². The Labute approximate surface area is 99.3 Å². The average Bonchev–Trinajstić information content (AvgIpc) is 2.74. The standard InChI is InChI=1S/C15H23N/c1-15(9-5-6-10-15)11-12-16-13-14-7-3-2-4-8-14/h2-4,7-8,16H,5-6,9-13H2,1H3. The van der Waals surface area contributed by atoms with E-state index in [9.17, 15) is 0 Å². The normalized spacial score (nSPS) is 18.8. The molecule has 2 rings (SSSR count). The van der Waals surface area contributed by atoms with Gasteiger partial charge >= 0.3 is 0 Å². The molecule has 0 bridgehead atoms. The second-order valence-corrected chi connectivity index (χ2v) is 5.43. The SMILES string of the molecule is CC1(CCNCc2ccccc2)CCCC1. The molecule has 0 spiro atoms. The Morgan fingerprint density at radius 3 is 2.50 bits per heavy atom. The van der Waals surface area contributed by atoms with Crippen molar-refractivity contribution < 1.29 is 0 Å². The van der Waals surface area contributed by atoms with E-state index in [1.54, 1.807) is 0 Å². The van der Waals surface area contributed by atoms with E-state index in [1.165, 1.54) is 37.7 Å². The predicted molar refractivity (Wildman–Crippen MR) is 69.3 cm³/mol. The average molecular weight is 217 g/mol. The zero-order valence-corrected chi connectivity index (χ0v) is 10.3. The summed E-state index contributed by atoms with van der Waals surface area (Å²) >= 11 is 0. The molecule has 16 heavy (non-hydrogen) atoms. The zero-order valence-electron chi connectivity index (χ0n) is 10.3. The minimum atomic E-state index is 0.629. The molecular formula is C15H23N. The van der Waals surface area contributed by atoms with Gasteiger partial charge in [-0.3, -0.25) is 0 Å². The third-order valence-electron chi connectivity index (χ3n) is 3.89. The van der Waals surface area contributed by atoms with E-state index in [0.29, 0.717) is 5.41 Å². The molecule has 1 nitrogen and oxygen atoms in total. The Morgan fingerprint density at radius 2 is 1.81 bits per heavy atom. The molecule has 88 valence electrons. The van der Waals surface area contributed by atoms with Crippen molar-refractivity contribution >= 4 is 0 Å². The van der Waals surface area contributed by atoms with Gasteiger partial charge in [-0.05, 0) is 36.8 Å². The minimum Gasteiger partial charge on any atom is -0.313 e. The number of hydrogen-bond donors (Lipinski definition) is 1. The summed E-state index contributed by atoms with van der Waals surface area (Å²) in [7, 11) is 0. The molecule has 1 aromatic carbocycles. The Morgan fingerprint density at radius 1 is 1.12 bits per heavy atom. The fourth-order valence-electron chi connectivity index (χ4n) is 2.70. The molecule has 1 fully saturated rings. The van der Waals surface area contributed by atoms with Crippen molar-refractivity contribution in [2.45, 2.75) is 45.6 Å². The van der Waals surface area contributed by atoms with Gasteiger partial charge in [-0.1, -0.05) is 50.1 Å². The highest BCUT2D eigenvalue weighted by molar-refractivity contribution is 5.14. The first-order valence-corrected chi connectivity index (χ1v) is 6.53. The first kappa shape index (κ1) is 11.7. The van der Waals surface area contributed by atoms with Crippen molar-refractivity contribution in [3.8, 4) is 0 Å². The highest BCUT2D eigenvalue weighted by atomic mass is 14.8. The van der Waals surface area contributed by atoms with Crippen molar-refractivity contribution in [1.29, 1.82) is 0 Å². The van der Waals surface area contributed by atoms with Gasteiger partial charge in [0.15, 0.2) is 0 Å². The van der Waals surface area contributed by atoms with Gasteiger partial charge in [0.05, 0.1) is 0 Å². The lowest BCUT2D eigenvalue weighted by Crippen LogP contribution is -2.22. The Bertz CT molecular complexity index is 298. The fourth-order valence-corrected chi connectivity index (χ4v) is 2.70. The van der Waals surface area contributed by atoms with Crippen LogP contribution in [0, 0.1) is 5.41 Å². The molecule has 0 aromatic heterocycles. The molecule has 0 unspecified atom stereocenters. The molecule has 0 heterocycles. The highest BCUT2D eigenvalue weighted by Crippen LogP contribution is 2.39. The van der Waals surface area contributed by atoms with Gasteiger partial charge in [-0.25, -0.2) is 0 Å². The fraction of sp³-hybridized carbons (Fsp3) is 0.600. The third kappa shape index (κ3) is 3.34. The maximum atomic E-state index is 3.55. The van der Waals surface area contributed by atoms with Crippen LogP contribution in [-0.2, 0) is 6.54 Å². The second-order valence-electron chi connectivity index (χ2n) is 5.43. The van der Waals surface area contributed by atoms with Crippen LogP contribution < -0.4 is 5.32 Å². The molecule has 1 aromatic rings. The summed E-state index contributed by atoms with van der Waals surface area (Å²) in [5.74, 6) is 0. The molecule has 1 heteroatoms. The van der Waals surface area contributed by atoms with Crippen LogP contribution in [0.1, 0.15) is 44.6 Å². The van der Waals surface area contributed by atoms with Gasteiger partial charge in [-0.15, -0.1) is 0 Å². The molecular weight excluding hydrogens is 194 g/mol. The monoisotopic (exact) mass is 217 g/mol. The molecule has 1 saturated carbocycles. The van der Waals surface area contributed by atoms with Gasteiger partial charge in [0.1, 0.15) is 0 Å². The van der Waals surface area contributed by atoms with Crippen LogP contribution in [0.25, 0.3) is 0 Å². The van der Waals surface area contributed by atoms with Gasteiger partial charge in [-0.2, -0.15) is 0 Å². The maximum absolute atomic E-state index is 3.55. The topological polar surface area (TPSA) is 12.0 Å². The second kappa shape index (κ2) is 5.49. The Hall–Kier alpha value is -0.820. The lowest BCUT2D eigenvalue weighted by atomic mass is 9.85. The Kier molecular flexibility index (Phi) is 4.00. The van der Waals surface area contributed by atoms with Crippen molar-refractivity contribution in [3.05, 3.63) is 35.9 Å². The largest absolute Gasteiger partial charge is 0.313 e. The van der Waals surface area contributed by atoms with Gasteiger partial charge in [0, 0.05) is 6.54 Å². The summed E-state index contributed by atoms with van der Waals surface area (Å²) < 4.78 is 0. The highest BCUT2D eigenvalue weighted by Gasteiger charge is 2.27. The minimum absolute atomic E-state index is 0.629. The first-order valence-electron chi connectivity index (χ1n) is 6.53. The zero-order chi connectivity index (χ0) is 11.3. The molecule has 0 aliphatic heterocycles. The third-order valence-corrected chi connectivity index (χ3v) is 3.89.